The van der Waals surface area contributed by atoms with Gasteiger partial charge < -0.3 is 5.11 Å². The number of phenols is 1. The first kappa shape index (κ1) is 22.5. The second kappa shape index (κ2) is 11.2. The fraction of sp³-hybridized carbons (Fsp3) is 0.625. The Balaban J connectivity index is 0.000000289. The number of benzene rings is 1. The summed E-state index contributed by atoms with van der Waals surface area (Å²) in [6, 6.07) is 6.96. The van der Waals surface area contributed by atoms with Crippen LogP contribution in [0, 0.1) is 11.3 Å². The van der Waals surface area contributed by atoms with E-state index in [0.717, 1.165) is 41.1 Å². The lowest BCUT2D eigenvalue weighted by molar-refractivity contribution is 0.0515. The van der Waals surface area contributed by atoms with Crippen molar-refractivity contribution in [3.63, 3.8) is 0 Å². The van der Waals surface area contributed by atoms with Crippen LogP contribution in [0.3, 0.4) is 0 Å². The number of unbranched alkanes of at least 4 members (excludes halogenated alkanes) is 1. The SMILES string of the molecule is C=C(N=C(C)CCCC)c1ccc(O)cc1.CCC(C)C1(CC)CCC1. The van der Waals surface area contributed by atoms with Crippen molar-refractivity contribution in [3.8, 4) is 5.75 Å². The highest BCUT2D eigenvalue weighted by molar-refractivity contribution is 5.87. The Bertz CT molecular complexity index is 561. The molecule has 2 rings (SSSR count). The number of hydrogen-bond donors (Lipinski definition) is 1. The minimum absolute atomic E-state index is 0.267. The van der Waals surface area contributed by atoms with E-state index in [1.807, 2.05) is 19.1 Å². The van der Waals surface area contributed by atoms with Crippen LogP contribution in [-0.4, -0.2) is 10.8 Å². The molecular formula is C24H39NO. The summed E-state index contributed by atoms with van der Waals surface area (Å²) in [6.07, 6.45) is 10.6. The highest BCUT2D eigenvalue weighted by atomic mass is 16.3. The molecule has 1 aromatic carbocycles. The van der Waals surface area contributed by atoms with E-state index < -0.39 is 0 Å². The minimum atomic E-state index is 0.267. The van der Waals surface area contributed by atoms with E-state index in [0.29, 0.717) is 0 Å². The van der Waals surface area contributed by atoms with E-state index in [1.165, 1.54) is 38.5 Å². The maximum atomic E-state index is 9.17. The zero-order valence-electron chi connectivity index (χ0n) is 17.6. The molecule has 1 aromatic rings. The van der Waals surface area contributed by atoms with Gasteiger partial charge in [-0.05, 0) is 73.8 Å². The summed E-state index contributed by atoms with van der Waals surface area (Å²) in [5.74, 6) is 1.23. The molecule has 1 fully saturated rings. The molecular weight excluding hydrogens is 318 g/mol. The molecule has 26 heavy (non-hydrogen) atoms. The van der Waals surface area contributed by atoms with Crippen LogP contribution < -0.4 is 0 Å². The van der Waals surface area contributed by atoms with E-state index in [-0.39, 0.29) is 5.75 Å². The van der Waals surface area contributed by atoms with Gasteiger partial charge in [0.05, 0.1) is 5.70 Å². The van der Waals surface area contributed by atoms with Gasteiger partial charge in [0.15, 0.2) is 0 Å². The van der Waals surface area contributed by atoms with Crippen LogP contribution in [-0.2, 0) is 0 Å². The minimum Gasteiger partial charge on any atom is -0.508 e. The van der Waals surface area contributed by atoms with E-state index in [1.54, 1.807) is 12.1 Å². The van der Waals surface area contributed by atoms with Crippen molar-refractivity contribution in [2.75, 3.05) is 0 Å². The van der Waals surface area contributed by atoms with E-state index in [4.69, 9.17) is 0 Å². The molecule has 0 radical (unpaired) electrons. The molecule has 0 saturated heterocycles. The third-order valence-corrected chi connectivity index (χ3v) is 6.13. The van der Waals surface area contributed by atoms with Gasteiger partial charge in [-0.25, -0.2) is 0 Å². The number of nitrogens with zero attached hydrogens (tertiary/aromatic N) is 1. The molecule has 1 N–H and O–H groups in total. The molecule has 0 spiro atoms. The van der Waals surface area contributed by atoms with Gasteiger partial charge in [-0.15, -0.1) is 0 Å². The zero-order chi connectivity index (χ0) is 19.6. The summed E-state index contributed by atoms with van der Waals surface area (Å²) in [7, 11) is 0. The number of rotatable bonds is 8. The molecule has 1 unspecified atom stereocenters. The van der Waals surface area contributed by atoms with E-state index in [9.17, 15) is 5.11 Å². The van der Waals surface area contributed by atoms with Crippen molar-refractivity contribution >= 4 is 11.4 Å². The van der Waals surface area contributed by atoms with Crippen LogP contribution >= 0.6 is 0 Å². The number of aliphatic imine (C=N–C) groups is 1. The van der Waals surface area contributed by atoms with Crippen molar-refractivity contribution in [3.05, 3.63) is 36.4 Å². The number of aromatic hydroxyl groups is 1. The van der Waals surface area contributed by atoms with Gasteiger partial charge in [0.2, 0.25) is 0 Å². The Labute approximate surface area is 161 Å². The Hall–Kier alpha value is -1.57. The van der Waals surface area contributed by atoms with Crippen molar-refractivity contribution in [2.45, 2.75) is 86.0 Å². The summed E-state index contributed by atoms with van der Waals surface area (Å²) in [5, 5.41) is 9.17. The van der Waals surface area contributed by atoms with Gasteiger partial charge in [0, 0.05) is 5.71 Å². The molecule has 1 aliphatic rings. The molecule has 1 saturated carbocycles. The lowest BCUT2D eigenvalue weighted by atomic mass is 9.59. The van der Waals surface area contributed by atoms with Crippen molar-refractivity contribution in [1.29, 1.82) is 0 Å². The maximum Gasteiger partial charge on any atom is 0.115 e. The first-order valence-electron chi connectivity index (χ1n) is 10.4. The third kappa shape index (κ3) is 6.63. The molecule has 0 aliphatic heterocycles. The second-order valence-corrected chi connectivity index (χ2v) is 7.82. The quantitative estimate of drug-likeness (QED) is 0.477. The Morgan fingerprint density at radius 2 is 1.81 bits per heavy atom. The summed E-state index contributed by atoms with van der Waals surface area (Å²) >= 11 is 0. The molecule has 0 bridgehead atoms. The molecule has 1 atom stereocenters. The number of phenolic OH excluding ortho intramolecular Hbond substituents is 1. The van der Waals surface area contributed by atoms with Gasteiger partial charge >= 0.3 is 0 Å². The topological polar surface area (TPSA) is 32.6 Å². The zero-order valence-corrected chi connectivity index (χ0v) is 17.6. The molecule has 0 aromatic heterocycles. The summed E-state index contributed by atoms with van der Waals surface area (Å²) in [4.78, 5) is 4.45. The first-order valence-corrected chi connectivity index (χ1v) is 10.4. The van der Waals surface area contributed by atoms with Crippen LogP contribution in [0.25, 0.3) is 5.70 Å². The van der Waals surface area contributed by atoms with Gasteiger partial charge in [0.1, 0.15) is 5.75 Å². The Morgan fingerprint density at radius 1 is 1.19 bits per heavy atom. The van der Waals surface area contributed by atoms with Crippen molar-refractivity contribution < 1.29 is 5.11 Å². The monoisotopic (exact) mass is 357 g/mol. The third-order valence-electron chi connectivity index (χ3n) is 6.13. The van der Waals surface area contributed by atoms with Crippen molar-refractivity contribution in [1.82, 2.24) is 0 Å². The molecule has 0 heterocycles. The summed E-state index contributed by atoms with van der Waals surface area (Å²) in [6.45, 7) is 15.2. The van der Waals surface area contributed by atoms with Gasteiger partial charge in [-0.1, -0.05) is 60.0 Å². The normalized spacial score (nSPS) is 16.9. The summed E-state index contributed by atoms with van der Waals surface area (Å²) in [5.41, 5.74) is 3.59. The van der Waals surface area contributed by atoms with Crippen LogP contribution in [0.5, 0.6) is 5.75 Å². The lowest BCUT2D eigenvalue weighted by Gasteiger charge is -2.46. The van der Waals surface area contributed by atoms with E-state index in [2.05, 4.69) is 39.3 Å². The Morgan fingerprint density at radius 3 is 2.19 bits per heavy atom. The van der Waals surface area contributed by atoms with Crippen LogP contribution in [0.1, 0.15) is 91.5 Å². The van der Waals surface area contributed by atoms with Crippen LogP contribution in [0.4, 0.5) is 0 Å². The summed E-state index contributed by atoms with van der Waals surface area (Å²) < 4.78 is 0. The molecule has 0 amide bonds. The second-order valence-electron chi connectivity index (χ2n) is 7.82. The van der Waals surface area contributed by atoms with Crippen molar-refractivity contribution in [2.24, 2.45) is 16.3 Å². The first-order chi connectivity index (χ1) is 12.4. The predicted octanol–water partition coefficient (Wildman–Crippen LogP) is 7.63. The van der Waals surface area contributed by atoms with Gasteiger partial charge in [-0.3, -0.25) is 4.99 Å². The molecule has 2 heteroatoms. The van der Waals surface area contributed by atoms with Gasteiger partial charge in [0.25, 0.3) is 0 Å². The standard InChI is InChI=1S/C14H19NO.C10H20/c1-4-5-6-11(2)15-12(3)13-7-9-14(16)10-8-13;1-4-9(3)10(5-2)7-6-8-10/h7-10,16H,3-6H2,1-2H3;9H,4-8H2,1-3H3. The molecule has 146 valence electrons. The lowest BCUT2D eigenvalue weighted by Crippen LogP contribution is -2.34. The largest absolute Gasteiger partial charge is 0.508 e. The van der Waals surface area contributed by atoms with Gasteiger partial charge in [-0.2, -0.15) is 0 Å². The average Bonchev–Trinajstić information content (AvgIpc) is 2.60. The molecule has 1 aliphatic carbocycles. The smallest absolute Gasteiger partial charge is 0.115 e. The average molecular weight is 358 g/mol. The number of hydrogen-bond acceptors (Lipinski definition) is 2. The highest BCUT2D eigenvalue weighted by Crippen LogP contribution is 2.50. The van der Waals surface area contributed by atoms with Crippen LogP contribution in [0.15, 0.2) is 35.8 Å². The fourth-order valence-corrected chi connectivity index (χ4v) is 3.70. The van der Waals surface area contributed by atoms with Crippen LogP contribution in [0.2, 0.25) is 0 Å². The fourth-order valence-electron chi connectivity index (χ4n) is 3.70. The highest BCUT2D eigenvalue weighted by Gasteiger charge is 2.38. The Kier molecular flexibility index (Phi) is 9.69. The molecule has 2 nitrogen and oxygen atoms in total. The van der Waals surface area contributed by atoms with E-state index >= 15 is 0 Å². The predicted molar refractivity (Wildman–Crippen MR) is 116 cm³/mol. The maximum absolute atomic E-state index is 9.17.